The van der Waals surface area contributed by atoms with Crippen molar-refractivity contribution in [3.63, 3.8) is 0 Å². The van der Waals surface area contributed by atoms with Gasteiger partial charge in [-0.05, 0) is 93.1 Å². The first-order valence-corrected chi connectivity index (χ1v) is 14.5. The Hall–Kier alpha value is -4.16. The van der Waals surface area contributed by atoms with Crippen LogP contribution in [-0.2, 0) is 5.41 Å². The van der Waals surface area contributed by atoms with E-state index in [1.165, 1.54) is 66.4 Å². The molecule has 0 saturated heterocycles. The van der Waals surface area contributed by atoms with Gasteiger partial charge in [-0.15, -0.1) is 0 Å². The number of aryl methyl sites for hydroxylation is 1. The van der Waals surface area contributed by atoms with Gasteiger partial charge >= 0.3 is 0 Å². The van der Waals surface area contributed by atoms with Crippen LogP contribution < -0.4 is 0 Å². The highest BCUT2D eigenvalue weighted by Crippen LogP contribution is 2.64. The number of fused-ring (bicyclic) bond motifs is 10. The molecular weight excluding hydrogens is 468 g/mol. The third-order valence-corrected chi connectivity index (χ3v) is 9.56. The average molecular weight is 501 g/mol. The fraction of sp³-hybridized carbons (Fsp3) is 0.179. The van der Waals surface area contributed by atoms with E-state index in [9.17, 15) is 0 Å². The van der Waals surface area contributed by atoms with E-state index in [0.29, 0.717) is 5.92 Å². The van der Waals surface area contributed by atoms with Gasteiger partial charge in [0.25, 0.3) is 0 Å². The second-order valence-electron chi connectivity index (χ2n) is 11.5. The summed E-state index contributed by atoms with van der Waals surface area (Å²) in [5.74, 6) is 0.486. The zero-order chi connectivity index (χ0) is 26.1. The van der Waals surface area contributed by atoms with Crippen LogP contribution in [0.1, 0.15) is 59.9 Å². The first-order valence-electron chi connectivity index (χ1n) is 14.5. The van der Waals surface area contributed by atoms with Gasteiger partial charge < -0.3 is 0 Å². The highest BCUT2D eigenvalue weighted by Gasteiger charge is 2.52. The molecule has 0 aliphatic heterocycles. The van der Waals surface area contributed by atoms with Crippen molar-refractivity contribution in [2.45, 2.75) is 44.4 Å². The molecule has 5 aromatic rings. The van der Waals surface area contributed by atoms with E-state index < -0.39 is 0 Å². The van der Waals surface area contributed by atoms with Gasteiger partial charge in [0.05, 0.1) is 5.41 Å². The number of rotatable bonds is 2. The summed E-state index contributed by atoms with van der Waals surface area (Å²) in [5, 5.41) is 2.67. The van der Waals surface area contributed by atoms with Gasteiger partial charge in [-0.2, -0.15) is 0 Å². The van der Waals surface area contributed by atoms with Gasteiger partial charge in [0.15, 0.2) is 0 Å². The van der Waals surface area contributed by atoms with Crippen LogP contribution in [0.3, 0.4) is 0 Å². The van der Waals surface area contributed by atoms with Gasteiger partial charge in [-0.25, -0.2) is 0 Å². The molecule has 2 atom stereocenters. The minimum absolute atomic E-state index is 0.303. The van der Waals surface area contributed by atoms with E-state index in [1.54, 1.807) is 5.57 Å². The zero-order valence-corrected chi connectivity index (χ0v) is 22.7. The third-order valence-electron chi connectivity index (χ3n) is 9.56. The Balaban J connectivity index is 1.56. The molecule has 0 heteroatoms. The summed E-state index contributed by atoms with van der Waals surface area (Å²) < 4.78 is 0. The van der Waals surface area contributed by atoms with Crippen molar-refractivity contribution in [1.29, 1.82) is 0 Å². The molecule has 3 aliphatic rings. The van der Waals surface area contributed by atoms with Crippen molar-refractivity contribution in [3.8, 4) is 22.3 Å². The summed E-state index contributed by atoms with van der Waals surface area (Å²) in [5.41, 5.74) is 15.4. The Morgan fingerprint density at radius 3 is 2.49 bits per heavy atom. The Morgan fingerprint density at radius 1 is 0.744 bits per heavy atom. The molecule has 0 fully saturated rings. The summed E-state index contributed by atoms with van der Waals surface area (Å²) in [6.07, 6.45) is 8.33. The van der Waals surface area contributed by atoms with E-state index in [4.69, 9.17) is 0 Å². The molecule has 0 nitrogen and oxygen atoms in total. The van der Waals surface area contributed by atoms with Crippen LogP contribution in [-0.4, -0.2) is 0 Å². The molecule has 0 heterocycles. The summed E-state index contributed by atoms with van der Waals surface area (Å²) in [4.78, 5) is 0. The fourth-order valence-electron chi connectivity index (χ4n) is 8.03. The predicted octanol–water partition coefficient (Wildman–Crippen LogP) is 10.3. The molecule has 3 aliphatic carbocycles. The van der Waals surface area contributed by atoms with E-state index in [1.807, 2.05) is 0 Å². The van der Waals surface area contributed by atoms with Gasteiger partial charge in [0.1, 0.15) is 0 Å². The normalized spacial score (nSPS) is 20.6. The Morgan fingerprint density at radius 2 is 1.59 bits per heavy atom. The summed E-state index contributed by atoms with van der Waals surface area (Å²) in [7, 11) is 0. The topological polar surface area (TPSA) is 0 Å². The van der Waals surface area contributed by atoms with Crippen molar-refractivity contribution in [1.82, 2.24) is 0 Å². The van der Waals surface area contributed by atoms with Crippen molar-refractivity contribution in [2.75, 3.05) is 0 Å². The highest BCUT2D eigenvalue weighted by atomic mass is 14.5. The minimum Gasteiger partial charge on any atom is -0.0839 e. The molecule has 0 aromatic heterocycles. The quantitative estimate of drug-likeness (QED) is 0.226. The van der Waals surface area contributed by atoms with E-state index in [2.05, 4.69) is 129 Å². The Kier molecular flexibility index (Phi) is 4.92. The first kappa shape index (κ1) is 22.8. The fourth-order valence-corrected chi connectivity index (χ4v) is 8.03. The molecule has 0 saturated carbocycles. The second kappa shape index (κ2) is 8.42. The monoisotopic (exact) mass is 500 g/mol. The third kappa shape index (κ3) is 3.01. The van der Waals surface area contributed by atoms with E-state index in [-0.39, 0.29) is 5.41 Å². The second-order valence-corrected chi connectivity index (χ2v) is 11.5. The molecule has 1 spiro atoms. The highest BCUT2D eigenvalue weighted by molar-refractivity contribution is 6.05. The summed E-state index contributed by atoms with van der Waals surface area (Å²) in [6, 6.07) is 39.3. The van der Waals surface area contributed by atoms with Crippen molar-refractivity contribution in [2.24, 2.45) is 0 Å². The van der Waals surface area contributed by atoms with Crippen LogP contribution in [0.5, 0.6) is 0 Å². The molecule has 188 valence electrons. The van der Waals surface area contributed by atoms with Gasteiger partial charge in [-0.1, -0.05) is 127 Å². The summed E-state index contributed by atoms with van der Waals surface area (Å²) >= 11 is 0. The summed E-state index contributed by atoms with van der Waals surface area (Å²) in [6.45, 7) is 4.55. The lowest BCUT2D eigenvalue weighted by molar-refractivity contribution is 0.609. The van der Waals surface area contributed by atoms with Gasteiger partial charge in [0.2, 0.25) is 0 Å². The predicted molar refractivity (Wildman–Crippen MR) is 164 cm³/mol. The maximum atomic E-state index is 2.52. The van der Waals surface area contributed by atoms with Gasteiger partial charge in [0, 0.05) is 5.92 Å². The van der Waals surface area contributed by atoms with Crippen molar-refractivity contribution >= 4 is 10.8 Å². The van der Waals surface area contributed by atoms with Crippen molar-refractivity contribution < 1.29 is 0 Å². The number of benzene rings is 5. The first-order chi connectivity index (χ1) is 19.2. The molecule has 5 aromatic carbocycles. The maximum Gasteiger partial charge on any atom is 0.0716 e. The molecule has 0 bridgehead atoms. The molecule has 0 amide bonds. The minimum atomic E-state index is -0.303. The largest absolute Gasteiger partial charge is 0.0839 e. The molecule has 2 unspecified atom stereocenters. The number of hydrogen-bond donors (Lipinski definition) is 0. The standard InChI is InChI=1S/C39H32/c1-3-29-31-15-6-8-17-34(31)39(35-18-9-7-16-32(29)35)36-22-20-26-12-4-5-14-30(26)38(36)33-21-19-28(24-37(33)39)27-13-10-11-25(2)23-27/h4-6,8-15,17-24,29H,3,7,16H2,1-2H3. The van der Waals surface area contributed by atoms with Crippen LogP contribution in [0.2, 0.25) is 0 Å². The lowest BCUT2D eigenvalue weighted by Crippen LogP contribution is -2.36. The van der Waals surface area contributed by atoms with Crippen LogP contribution in [0.4, 0.5) is 0 Å². The average Bonchev–Trinajstić information content (AvgIpc) is 3.28. The number of hydrogen-bond acceptors (Lipinski definition) is 0. The lowest BCUT2D eigenvalue weighted by Gasteiger charge is -2.45. The molecule has 8 rings (SSSR count). The van der Waals surface area contributed by atoms with Crippen LogP contribution >= 0.6 is 0 Å². The van der Waals surface area contributed by atoms with Crippen LogP contribution in [0, 0.1) is 6.92 Å². The molecule has 39 heavy (non-hydrogen) atoms. The van der Waals surface area contributed by atoms with Crippen LogP contribution in [0.15, 0.2) is 126 Å². The molecule has 0 N–H and O–H groups in total. The van der Waals surface area contributed by atoms with Crippen LogP contribution in [0.25, 0.3) is 33.0 Å². The lowest BCUT2D eigenvalue weighted by atomic mass is 9.57. The Bertz CT molecular complexity index is 1860. The molecule has 0 radical (unpaired) electrons. The van der Waals surface area contributed by atoms with E-state index >= 15 is 0 Å². The zero-order valence-electron chi connectivity index (χ0n) is 22.7. The maximum absolute atomic E-state index is 2.52. The number of allylic oxidation sites excluding steroid dienone is 4. The SMILES string of the molecule is CCC1C2=C(C=CCC2)C2(c3cc(-c4cccc(C)c4)ccc3-c3c2ccc2ccccc32)c2ccccc21. The Labute approximate surface area is 231 Å². The van der Waals surface area contributed by atoms with E-state index in [0.717, 1.165) is 19.3 Å². The smallest absolute Gasteiger partial charge is 0.0716 e. The van der Waals surface area contributed by atoms with Crippen molar-refractivity contribution in [3.05, 3.63) is 154 Å². The van der Waals surface area contributed by atoms with Gasteiger partial charge in [-0.3, -0.25) is 0 Å². The molecular formula is C39H32.